The van der Waals surface area contributed by atoms with Gasteiger partial charge in [-0.1, -0.05) is 38.3 Å². The maximum atomic E-state index is 12.4. The third-order valence-electron chi connectivity index (χ3n) is 6.01. The Kier molecular flexibility index (Phi) is 6.41. The molecule has 1 aliphatic rings. The Morgan fingerprint density at radius 1 is 1.00 bits per heavy atom. The molecule has 0 bridgehead atoms. The van der Waals surface area contributed by atoms with Gasteiger partial charge in [-0.15, -0.1) is 0 Å². The minimum absolute atomic E-state index is 0.188. The highest BCUT2D eigenvalue weighted by Gasteiger charge is 2.21. The predicted molar refractivity (Wildman–Crippen MR) is 120 cm³/mol. The maximum Gasteiger partial charge on any atom is 0.339 e. The summed E-state index contributed by atoms with van der Waals surface area (Å²) >= 11 is 0. The number of fused-ring (bicyclic) bond motifs is 3. The van der Waals surface area contributed by atoms with Crippen LogP contribution in [0.1, 0.15) is 61.3 Å². The second kappa shape index (κ2) is 9.38. The van der Waals surface area contributed by atoms with E-state index in [2.05, 4.69) is 13.0 Å². The van der Waals surface area contributed by atoms with Crippen LogP contribution in [0.2, 0.25) is 0 Å². The van der Waals surface area contributed by atoms with Crippen LogP contribution in [0.3, 0.4) is 0 Å². The topological polar surface area (TPSA) is 48.7 Å². The van der Waals surface area contributed by atoms with Crippen LogP contribution in [0.4, 0.5) is 0 Å². The molecule has 0 N–H and O–H groups in total. The fourth-order valence-electron chi connectivity index (χ4n) is 4.31. The van der Waals surface area contributed by atoms with Crippen LogP contribution in [0.5, 0.6) is 11.5 Å². The van der Waals surface area contributed by atoms with E-state index in [4.69, 9.17) is 13.9 Å². The summed E-state index contributed by atoms with van der Waals surface area (Å²) in [6, 6.07) is 12.0. The van der Waals surface area contributed by atoms with E-state index in [1.807, 2.05) is 30.3 Å². The van der Waals surface area contributed by atoms with Gasteiger partial charge in [-0.25, -0.2) is 4.79 Å². The van der Waals surface area contributed by atoms with Gasteiger partial charge in [0.05, 0.1) is 7.11 Å². The lowest BCUT2D eigenvalue weighted by molar-refractivity contribution is 0.302. The highest BCUT2D eigenvalue weighted by molar-refractivity contribution is 5.84. The third kappa shape index (κ3) is 4.38. The molecule has 0 spiro atoms. The van der Waals surface area contributed by atoms with Crippen molar-refractivity contribution in [3.8, 4) is 11.5 Å². The summed E-state index contributed by atoms with van der Waals surface area (Å²) in [5.74, 6) is 1.65. The number of benzene rings is 2. The zero-order chi connectivity index (χ0) is 20.9. The second-order valence-corrected chi connectivity index (χ2v) is 8.10. The summed E-state index contributed by atoms with van der Waals surface area (Å²) in [4.78, 5) is 12.4. The van der Waals surface area contributed by atoms with Crippen molar-refractivity contribution >= 4 is 11.0 Å². The van der Waals surface area contributed by atoms with Gasteiger partial charge in [-0.05, 0) is 67.0 Å². The normalized spacial score (nSPS) is 12.9. The molecule has 1 aromatic heterocycles. The first-order valence-corrected chi connectivity index (χ1v) is 11.1. The molecule has 0 saturated carbocycles. The average Bonchev–Trinajstić information content (AvgIpc) is 3.27. The van der Waals surface area contributed by atoms with Crippen molar-refractivity contribution in [2.24, 2.45) is 0 Å². The molecule has 0 radical (unpaired) electrons. The smallest absolute Gasteiger partial charge is 0.339 e. The number of aryl methyl sites for hydroxylation is 2. The Hall–Kier alpha value is -2.75. The van der Waals surface area contributed by atoms with Crippen LogP contribution in [0.25, 0.3) is 11.0 Å². The van der Waals surface area contributed by atoms with E-state index >= 15 is 0 Å². The molecule has 4 heteroatoms. The summed E-state index contributed by atoms with van der Waals surface area (Å²) < 4.78 is 17.1. The zero-order valence-electron chi connectivity index (χ0n) is 18.0. The molecule has 3 aromatic rings. The van der Waals surface area contributed by atoms with Gasteiger partial charge in [0, 0.05) is 17.0 Å². The quantitative estimate of drug-likeness (QED) is 0.323. The molecule has 1 aliphatic carbocycles. The van der Waals surface area contributed by atoms with E-state index < -0.39 is 0 Å². The Labute approximate surface area is 177 Å². The van der Waals surface area contributed by atoms with Gasteiger partial charge in [0.2, 0.25) is 0 Å². The predicted octanol–water partition coefficient (Wildman–Crippen LogP) is 5.99. The Morgan fingerprint density at radius 3 is 2.57 bits per heavy atom. The lowest BCUT2D eigenvalue weighted by Gasteiger charge is -2.14. The van der Waals surface area contributed by atoms with Crippen molar-refractivity contribution in [2.45, 2.75) is 64.9 Å². The molecule has 4 nitrogen and oxygen atoms in total. The monoisotopic (exact) mass is 406 g/mol. The van der Waals surface area contributed by atoms with E-state index in [9.17, 15) is 4.79 Å². The minimum Gasteiger partial charge on any atom is -0.497 e. The van der Waals surface area contributed by atoms with E-state index in [-0.39, 0.29) is 5.63 Å². The van der Waals surface area contributed by atoms with E-state index in [1.54, 1.807) is 7.11 Å². The van der Waals surface area contributed by atoms with Gasteiger partial charge in [0.1, 0.15) is 23.7 Å². The zero-order valence-corrected chi connectivity index (χ0v) is 18.0. The summed E-state index contributed by atoms with van der Waals surface area (Å²) in [5, 5.41) is 1.09. The number of unbranched alkanes of at least 4 members (excludes halogenated alkanes) is 3. The lowest BCUT2D eigenvalue weighted by Crippen LogP contribution is -2.08. The molecule has 0 fully saturated rings. The number of hydrogen-bond acceptors (Lipinski definition) is 4. The molecule has 1 heterocycles. The van der Waals surface area contributed by atoms with Crippen LogP contribution < -0.4 is 15.1 Å². The Morgan fingerprint density at radius 2 is 1.80 bits per heavy atom. The molecule has 0 saturated heterocycles. The Bertz CT molecular complexity index is 1060. The lowest BCUT2D eigenvalue weighted by atomic mass is 10.00. The molecule has 0 atom stereocenters. The van der Waals surface area contributed by atoms with E-state index in [0.717, 1.165) is 60.1 Å². The van der Waals surface area contributed by atoms with Crippen molar-refractivity contribution in [3.63, 3.8) is 0 Å². The largest absolute Gasteiger partial charge is 0.497 e. The van der Waals surface area contributed by atoms with Crippen LogP contribution in [-0.2, 0) is 25.9 Å². The summed E-state index contributed by atoms with van der Waals surface area (Å²) in [6.07, 6.45) is 8.61. The SMILES string of the molecule is CCCCCCc1cc2c3c(c(=O)oc2cc1OCc1ccc(OC)cc1)CCC3. The highest BCUT2D eigenvalue weighted by atomic mass is 16.5. The number of ether oxygens (including phenoxy) is 2. The van der Waals surface area contributed by atoms with Crippen LogP contribution in [-0.4, -0.2) is 7.11 Å². The Balaban J connectivity index is 1.64. The number of hydrogen-bond donors (Lipinski definition) is 0. The highest BCUT2D eigenvalue weighted by Crippen LogP contribution is 2.33. The second-order valence-electron chi connectivity index (χ2n) is 8.10. The number of rotatable bonds is 9. The van der Waals surface area contributed by atoms with E-state index in [1.165, 1.54) is 30.4 Å². The van der Waals surface area contributed by atoms with Gasteiger partial charge in [-0.3, -0.25) is 0 Å². The van der Waals surface area contributed by atoms with Crippen molar-refractivity contribution in [1.29, 1.82) is 0 Å². The summed E-state index contributed by atoms with van der Waals surface area (Å²) in [6.45, 7) is 2.69. The van der Waals surface area contributed by atoms with Crippen LogP contribution in [0.15, 0.2) is 45.6 Å². The molecule has 2 aromatic carbocycles. The third-order valence-corrected chi connectivity index (χ3v) is 6.01. The maximum absolute atomic E-state index is 12.4. The van der Waals surface area contributed by atoms with Gasteiger partial charge >= 0.3 is 5.63 Å². The molecular formula is C26H30O4. The molecule has 30 heavy (non-hydrogen) atoms. The first-order chi connectivity index (χ1) is 14.7. The molecule has 0 amide bonds. The van der Waals surface area contributed by atoms with E-state index in [0.29, 0.717) is 12.2 Å². The molecule has 0 unspecified atom stereocenters. The minimum atomic E-state index is -0.188. The van der Waals surface area contributed by atoms with Gasteiger partial charge in [0.25, 0.3) is 0 Å². The molecule has 158 valence electrons. The number of methoxy groups -OCH3 is 1. The van der Waals surface area contributed by atoms with Gasteiger partial charge in [0.15, 0.2) is 0 Å². The standard InChI is InChI=1S/C26H30O4/c1-3-4-5-6-8-19-15-23-21-9-7-10-22(21)26(27)30-25(23)16-24(19)29-17-18-11-13-20(28-2)14-12-18/h11-16H,3-10,17H2,1-2H3. The van der Waals surface area contributed by atoms with Crippen molar-refractivity contribution in [3.05, 3.63) is 69.1 Å². The fraction of sp³-hybridized carbons (Fsp3) is 0.423. The molecular weight excluding hydrogens is 376 g/mol. The average molecular weight is 407 g/mol. The van der Waals surface area contributed by atoms with Gasteiger partial charge in [-0.2, -0.15) is 0 Å². The first-order valence-electron chi connectivity index (χ1n) is 11.1. The van der Waals surface area contributed by atoms with Crippen molar-refractivity contribution in [1.82, 2.24) is 0 Å². The van der Waals surface area contributed by atoms with Crippen LogP contribution in [0, 0.1) is 0 Å². The first kappa shape index (κ1) is 20.5. The molecule has 0 aliphatic heterocycles. The van der Waals surface area contributed by atoms with Gasteiger partial charge < -0.3 is 13.9 Å². The van der Waals surface area contributed by atoms with Crippen molar-refractivity contribution in [2.75, 3.05) is 7.11 Å². The molecule has 4 rings (SSSR count). The van der Waals surface area contributed by atoms with Crippen molar-refractivity contribution < 1.29 is 13.9 Å². The fourth-order valence-corrected chi connectivity index (χ4v) is 4.31. The van der Waals surface area contributed by atoms with Crippen LogP contribution >= 0.6 is 0 Å². The summed E-state index contributed by atoms with van der Waals surface area (Å²) in [7, 11) is 1.66. The summed E-state index contributed by atoms with van der Waals surface area (Å²) in [5.41, 5.74) is 4.77.